The van der Waals surface area contributed by atoms with E-state index in [0.29, 0.717) is 24.8 Å². The standard InChI is InChI=1S/C33H35NO5.C26H32BrNO4.C26H31NO5.C26H33NO4/c1-19-26(21-14-15-25-20(18-21)10-9-17-38-25)28(30(32(36)37-5)39-33(2,3)4)24-13-8-16-34-29(24)27(19)22-11-6-7-12-23(22)31(34)35;1-15-20(17-10-11-19-16(14-17)8-7-13-31-19)21(18-9-6-12-28-23(18)22(15)27)24(25(29)30-5)32-26(2,3)4;1-15-13-19-18(9-11-21(28)27-19)23(24(25(29)30-5)32-26(2,3)4)22(15)17-8-10-20-16(14-17)7-6-12-31-20;1-16-14-20-19(9-6-12-27-20)23(24(25(28)29-5)31-26(2,3)4)22(16)18-10-11-21-17(15-18)8-7-13-30-21/h6-7,11-12,14-15,18,30H,8-10,13,16-17H2,1-5H3;10-11,14,24,28H,6-9,12-13H2,1-5H3;8,10,13-14,24H,6-7,9,11-12H2,1-5H3,(H,27,28);10-11,14-15,24,27H,6-9,12-13H2,1-5H3. The molecule has 3 N–H and O–H groups in total. The molecular weight excluding hydrogens is 1760 g/mol. The van der Waals surface area contributed by atoms with Crippen molar-refractivity contribution in [3.63, 3.8) is 0 Å². The van der Waals surface area contributed by atoms with E-state index < -0.39 is 58.8 Å². The lowest BCUT2D eigenvalue weighted by Gasteiger charge is -2.33. The molecular formula is C111H131BrN4O18. The predicted molar refractivity (Wildman–Crippen MR) is 530 cm³/mol. The molecule has 4 unspecified atom stereocenters. The Labute approximate surface area is 796 Å². The second kappa shape index (κ2) is 40.5. The molecule has 0 radical (unpaired) electrons. The van der Waals surface area contributed by atoms with Crippen molar-refractivity contribution in [1.82, 2.24) is 4.57 Å². The fourth-order valence-electron chi connectivity index (χ4n) is 20.4. The van der Waals surface area contributed by atoms with Crippen LogP contribution in [0, 0.1) is 27.7 Å². The zero-order valence-electron chi connectivity index (χ0n) is 81.6. The van der Waals surface area contributed by atoms with Crippen LogP contribution < -0.4 is 40.5 Å². The molecule has 134 heavy (non-hydrogen) atoms. The second-order valence-corrected chi connectivity index (χ2v) is 40.9. The van der Waals surface area contributed by atoms with E-state index >= 15 is 0 Å². The smallest absolute Gasteiger partial charge is 0.339 e. The number of benzene rings is 9. The number of carbonyl (C=O) groups is 5. The third-order valence-corrected chi connectivity index (χ3v) is 26.9. The molecule has 0 spiro atoms. The van der Waals surface area contributed by atoms with E-state index in [4.69, 9.17) is 56.8 Å². The molecule has 1 aromatic heterocycles. The third kappa shape index (κ3) is 20.8. The molecule has 1 amide bonds. The van der Waals surface area contributed by atoms with Gasteiger partial charge in [-0.25, -0.2) is 19.2 Å². The van der Waals surface area contributed by atoms with Gasteiger partial charge in [-0.2, -0.15) is 0 Å². The van der Waals surface area contributed by atoms with E-state index in [1.807, 2.05) is 143 Å². The van der Waals surface area contributed by atoms with E-state index in [1.54, 1.807) is 0 Å². The van der Waals surface area contributed by atoms with Crippen LogP contribution in [0.15, 0.2) is 118 Å². The van der Waals surface area contributed by atoms with Crippen LogP contribution >= 0.6 is 15.9 Å². The first-order valence-electron chi connectivity index (χ1n) is 47.5. The van der Waals surface area contributed by atoms with E-state index in [2.05, 4.69) is 113 Å². The normalized spacial score (nSPS) is 16.1. The van der Waals surface area contributed by atoms with Gasteiger partial charge in [-0.1, -0.05) is 42.5 Å². The summed E-state index contributed by atoms with van der Waals surface area (Å²) in [6.07, 6.45) is 10.7. The van der Waals surface area contributed by atoms with Gasteiger partial charge in [0, 0.05) is 74.9 Å². The molecule has 0 fully saturated rings. The molecule has 0 saturated carbocycles. The molecule has 8 aliphatic heterocycles. The maximum atomic E-state index is 13.7. The van der Waals surface area contributed by atoms with Crippen LogP contribution in [-0.4, -0.2) is 125 Å². The monoisotopic (exact) mass is 1890 g/mol. The topological polar surface area (TPSA) is 254 Å². The van der Waals surface area contributed by atoms with Crippen molar-refractivity contribution >= 4 is 84.5 Å². The molecule has 9 heterocycles. The van der Waals surface area contributed by atoms with E-state index in [-0.39, 0.29) is 23.4 Å². The summed E-state index contributed by atoms with van der Waals surface area (Å²) in [6, 6.07) is 37.3. The molecule has 8 aliphatic rings. The van der Waals surface area contributed by atoms with Gasteiger partial charge in [0.1, 0.15) is 23.0 Å². The summed E-state index contributed by atoms with van der Waals surface area (Å²) >= 11 is 3.84. The minimum atomic E-state index is -0.941. The number of fused-ring (bicyclic) bond motifs is 9. The highest BCUT2D eigenvalue weighted by molar-refractivity contribution is 9.10. The Bertz CT molecular complexity index is 6270. The first-order valence-corrected chi connectivity index (χ1v) is 48.3. The van der Waals surface area contributed by atoms with Gasteiger partial charge in [0.2, 0.25) is 5.91 Å². The number of amides is 1. The number of halogens is 1. The minimum absolute atomic E-state index is 0.00874. The number of hydrogen-bond donors (Lipinski definition) is 3. The van der Waals surface area contributed by atoms with Crippen molar-refractivity contribution in [2.24, 2.45) is 0 Å². The van der Waals surface area contributed by atoms with Crippen molar-refractivity contribution in [3.05, 3.63) is 213 Å². The molecule has 0 saturated heterocycles. The number of aryl methyl sites for hydroxylation is 9. The quantitative estimate of drug-likeness (QED) is 0.0462. The molecule has 18 rings (SSSR count). The van der Waals surface area contributed by atoms with Crippen molar-refractivity contribution in [2.45, 2.75) is 267 Å². The van der Waals surface area contributed by atoms with Crippen molar-refractivity contribution in [2.75, 3.05) is 83.9 Å². The molecule has 4 atom stereocenters. The van der Waals surface area contributed by atoms with Crippen LogP contribution in [0.25, 0.3) is 66.2 Å². The number of esters is 4. The number of anilines is 3. The Morgan fingerprint density at radius 3 is 1.16 bits per heavy atom. The number of hydrogen-bond acceptors (Lipinski definition) is 20. The van der Waals surface area contributed by atoms with Crippen molar-refractivity contribution < 1.29 is 80.8 Å². The van der Waals surface area contributed by atoms with Crippen LogP contribution in [0.4, 0.5) is 17.1 Å². The van der Waals surface area contributed by atoms with Gasteiger partial charge in [0.15, 0.2) is 24.4 Å². The Balaban J connectivity index is 0.000000137. The number of pyridine rings is 1. The van der Waals surface area contributed by atoms with E-state index in [9.17, 15) is 28.8 Å². The highest BCUT2D eigenvalue weighted by Crippen LogP contribution is 2.53. The Morgan fingerprint density at radius 1 is 0.388 bits per heavy atom. The lowest BCUT2D eigenvalue weighted by Crippen LogP contribution is -2.31. The van der Waals surface area contributed by atoms with Gasteiger partial charge in [-0.05, 0) is 406 Å². The first kappa shape index (κ1) is 97.5. The maximum absolute atomic E-state index is 13.7. The third-order valence-electron chi connectivity index (χ3n) is 25.9. The van der Waals surface area contributed by atoms with E-state index in [0.717, 1.165) is 307 Å². The Kier molecular flexibility index (Phi) is 29.4. The molecule has 0 bridgehead atoms. The minimum Gasteiger partial charge on any atom is -0.493 e. The van der Waals surface area contributed by atoms with Crippen molar-refractivity contribution in [1.29, 1.82) is 0 Å². The maximum Gasteiger partial charge on any atom is 0.339 e. The van der Waals surface area contributed by atoms with Crippen LogP contribution in [0.1, 0.15) is 248 Å². The summed E-state index contributed by atoms with van der Waals surface area (Å²) in [5, 5.41) is 12.8. The lowest BCUT2D eigenvalue weighted by atomic mass is 9.81. The number of methoxy groups -OCH3 is 4. The second-order valence-electron chi connectivity index (χ2n) is 40.1. The van der Waals surface area contributed by atoms with Crippen LogP contribution in [0.3, 0.4) is 0 Å². The summed E-state index contributed by atoms with van der Waals surface area (Å²) < 4.78 is 72.8. The number of nitrogens with zero attached hydrogens (tertiary/aromatic N) is 1. The van der Waals surface area contributed by atoms with Gasteiger partial charge in [-0.15, -0.1) is 0 Å². The van der Waals surface area contributed by atoms with Gasteiger partial charge >= 0.3 is 23.9 Å². The molecule has 23 heteroatoms. The zero-order chi connectivity index (χ0) is 95.7. The summed E-state index contributed by atoms with van der Waals surface area (Å²) in [5.41, 5.74) is 26.4. The number of nitrogens with one attached hydrogen (secondary N) is 3. The van der Waals surface area contributed by atoms with Crippen LogP contribution in [0.5, 0.6) is 23.0 Å². The molecule has 9 aromatic carbocycles. The highest BCUT2D eigenvalue weighted by atomic mass is 79.9. The fourth-order valence-corrected chi connectivity index (χ4v) is 21.0. The molecule has 22 nitrogen and oxygen atoms in total. The zero-order valence-corrected chi connectivity index (χ0v) is 83.2. The summed E-state index contributed by atoms with van der Waals surface area (Å²) in [5.74, 6) is 2.09. The number of rotatable bonds is 16. The number of ether oxygens (including phenoxy) is 12. The average Bonchev–Trinajstić information content (AvgIpc) is 0.701. The predicted octanol–water partition coefficient (Wildman–Crippen LogP) is 22.8. The van der Waals surface area contributed by atoms with Gasteiger partial charge in [-0.3, -0.25) is 9.59 Å². The number of carbonyl (C=O) groups excluding carboxylic acids is 5. The molecule has 0 aliphatic carbocycles. The van der Waals surface area contributed by atoms with Gasteiger partial charge < -0.3 is 77.4 Å². The summed E-state index contributed by atoms with van der Waals surface area (Å²) in [6.45, 7) is 37.2. The lowest BCUT2D eigenvalue weighted by molar-refractivity contribution is -0.164. The van der Waals surface area contributed by atoms with Gasteiger partial charge in [0.25, 0.3) is 5.56 Å². The summed E-state index contributed by atoms with van der Waals surface area (Å²) in [4.78, 5) is 78.4. The molecule has 710 valence electrons. The van der Waals surface area contributed by atoms with E-state index in [1.165, 1.54) is 45.1 Å². The Morgan fingerprint density at radius 2 is 0.746 bits per heavy atom. The Hall–Kier alpha value is -11.1. The largest absolute Gasteiger partial charge is 0.493 e. The fraction of sp³-hybridized carbons (Fsp3) is 0.459. The first-order chi connectivity index (χ1) is 63.9. The van der Waals surface area contributed by atoms with Crippen molar-refractivity contribution in [3.8, 4) is 67.5 Å². The highest BCUT2D eigenvalue weighted by Gasteiger charge is 2.42. The van der Waals surface area contributed by atoms with Crippen LogP contribution in [-0.2, 0) is 120 Å². The number of aromatic nitrogens is 1. The van der Waals surface area contributed by atoms with Crippen LogP contribution in [0.2, 0.25) is 0 Å². The average molecular weight is 1890 g/mol. The molecule has 10 aromatic rings. The summed E-state index contributed by atoms with van der Waals surface area (Å²) in [7, 11) is 5.63. The SMILES string of the molecule is COC(=O)C(OC(C)(C)C)c1c(-c2ccc3c(c2)CCCO3)c(C)c2c3ccccc3c(=O)n3c2c1CCC3.COC(=O)C(OC(C)(C)C)c1c2c(c(Br)c(C)c1-c1ccc3c(c1)CCCO3)NCCC2.COC(=O)C(OC(C)(C)C)c1c2c(cc(C)c1-c1ccc3c(c1)CCCO3)NC(=O)CC2.COC(=O)C(OC(C)(C)C)c1c2c(cc(C)c1-c1ccc3c(c1)CCCO3)NCCC2. The van der Waals surface area contributed by atoms with Gasteiger partial charge in [0.05, 0.1) is 88.5 Å².